The summed E-state index contributed by atoms with van der Waals surface area (Å²) in [5, 5.41) is 0. The lowest BCUT2D eigenvalue weighted by molar-refractivity contribution is -0.0566. The first-order chi connectivity index (χ1) is 9.80. The molecule has 0 radical (unpaired) electrons. The van der Waals surface area contributed by atoms with Crippen LogP contribution in [0.1, 0.15) is 48.0 Å². The van der Waals surface area contributed by atoms with Gasteiger partial charge in [-0.2, -0.15) is 0 Å². The van der Waals surface area contributed by atoms with Gasteiger partial charge in [0.15, 0.2) is 6.29 Å². The first-order valence-corrected chi connectivity index (χ1v) is 7.84. The van der Waals surface area contributed by atoms with Crippen molar-refractivity contribution in [3.05, 3.63) is 23.9 Å². The van der Waals surface area contributed by atoms with Crippen molar-refractivity contribution in [1.82, 2.24) is 4.90 Å². The Morgan fingerprint density at radius 1 is 1.14 bits per heavy atom. The summed E-state index contributed by atoms with van der Waals surface area (Å²) >= 11 is 0. The smallest absolute Gasteiger partial charge is 0.185 e. The number of ether oxygens (including phenoxy) is 2. The van der Waals surface area contributed by atoms with Gasteiger partial charge in [0, 0.05) is 31.3 Å². The van der Waals surface area contributed by atoms with Gasteiger partial charge >= 0.3 is 0 Å². The maximum absolute atomic E-state index is 6.10. The largest absolute Gasteiger partial charge is 0.360 e. The number of hydrogen-bond donors (Lipinski definition) is 0. The van der Waals surface area contributed by atoms with Crippen LogP contribution in [0.4, 0.5) is 0 Å². The summed E-state index contributed by atoms with van der Waals surface area (Å²) in [6.07, 6.45) is 6.53. The second-order valence-corrected chi connectivity index (χ2v) is 6.53. The van der Waals surface area contributed by atoms with Crippen LogP contribution >= 0.6 is 0 Å². The zero-order chi connectivity index (χ0) is 15.7. The summed E-state index contributed by atoms with van der Waals surface area (Å²) < 4.78 is 12.2. The molecule has 0 atom stereocenters. The second-order valence-electron chi connectivity index (χ2n) is 6.53. The molecule has 21 heavy (non-hydrogen) atoms. The van der Waals surface area contributed by atoms with Crippen molar-refractivity contribution in [1.29, 1.82) is 0 Å². The maximum atomic E-state index is 6.10. The number of aliphatic imine (C=N–C) groups is 1. The Hall–Kier alpha value is -1.13. The van der Waals surface area contributed by atoms with E-state index in [9.17, 15) is 0 Å². The van der Waals surface area contributed by atoms with Crippen LogP contribution in [-0.2, 0) is 9.47 Å². The molecule has 2 rings (SSSR count). The number of amidine groups is 1. The number of rotatable bonds is 3. The summed E-state index contributed by atoms with van der Waals surface area (Å²) in [6, 6.07) is 0. The summed E-state index contributed by atoms with van der Waals surface area (Å²) in [5.74, 6) is 1.10. The van der Waals surface area contributed by atoms with E-state index >= 15 is 0 Å². The van der Waals surface area contributed by atoms with Gasteiger partial charge in [0.2, 0.25) is 0 Å². The summed E-state index contributed by atoms with van der Waals surface area (Å²) in [4.78, 5) is 6.83. The molecular weight excluding hydrogens is 264 g/mol. The Bertz CT molecular complexity index is 455. The Labute approximate surface area is 128 Å². The van der Waals surface area contributed by atoms with Crippen LogP contribution in [0.15, 0.2) is 28.9 Å². The van der Waals surface area contributed by atoms with E-state index in [1.807, 2.05) is 12.3 Å². The molecule has 0 saturated carbocycles. The summed E-state index contributed by atoms with van der Waals surface area (Å²) in [5.41, 5.74) is 0.446. The highest BCUT2D eigenvalue weighted by molar-refractivity contribution is 5.84. The molecule has 2 heterocycles. The lowest BCUT2D eigenvalue weighted by atomic mass is 9.90. The molecule has 0 aromatic heterocycles. The fraction of sp³-hybridized carbons (Fsp3) is 0.706. The topological polar surface area (TPSA) is 34.1 Å². The Morgan fingerprint density at radius 3 is 2.24 bits per heavy atom. The van der Waals surface area contributed by atoms with E-state index in [-0.39, 0.29) is 17.5 Å². The van der Waals surface area contributed by atoms with E-state index in [1.165, 1.54) is 0 Å². The lowest BCUT2D eigenvalue weighted by Gasteiger charge is -2.30. The highest BCUT2D eigenvalue weighted by Crippen LogP contribution is 2.40. The van der Waals surface area contributed by atoms with Crippen LogP contribution in [0.3, 0.4) is 0 Å². The van der Waals surface area contributed by atoms with Crippen LogP contribution in [-0.4, -0.2) is 41.3 Å². The van der Waals surface area contributed by atoms with E-state index in [1.54, 1.807) is 0 Å². The van der Waals surface area contributed by atoms with Crippen LogP contribution in [0.25, 0.3) is 0 Å². The van der Waals surface area contributed by atoms with Gasteiger partial charge in [0.05, 0.1) is 11.2 Å². The van der Waals surface area contributed by atoms with E-state index < -0.39 is 0 Å². The van der Waals surface area contributed by atoms with Crippen LogP contribution in [0.5, 0.6) is 0 Å². The van der Waals surface area contributed by atoms with Gasteiger partial charge in [-0.05, 0) is 47.6 Å². The molecule has 0 spiro atoms. The van der Waals surface area contributed by atoms with Crippen molar-refractivity contribution < 1.29 is 9.47 Å². The first kappa shape index (κ1) is 16.2. The highest BCUT2D eigenvalue weighted by Gasteiger charge is 2.49. The SMILES string of the molecule is CCN(CC)C1=NC=CC(C2OC(C)(C)C(C)(C)O2)=CC1. The monoisotopic (exact) mass is 292 g/mol. The third-order valence-corrected chi connectivity index (χ3v) is 4.66. The molecule has 1 saturated heterocycles. The molecular formula is C17H28N2O2. The fourth-order valence-corrected chi connectivity index (χ4v) is 2.49. The van der Waals surface area contributed by atoms with Gasteiger partial charge in [-0.1, -0.05) is 6.08 Å². The zero-order valence-corrected chi connectivity index (χ0v) is 14.1. The molecule has 0 aromatic carbocycles. The third-order valence-electron chi connectivity index (χ3n) is 4.66. The van der Waals surface area contributed by atoms with Crippen molar-refractivity contribution in [2.24, 2.45) is 4.99 Å². The van der Waals surface area contributed by atoms with E-state index in [0.717, 1.165) is 30.9 Å². The minimum atomic E-state index is -0.308. The van der Waals surface area contributed by atoms with Gasteiger partial charge in [-0.15, -0.1) is 0 Å². The molecule has 118 valence electrons. The van der Waals surface area contributed by atoms with Crippen molar-refractivity contribution in [3.8, 4) is 0 Å². The number of nitrogens with zero attached hydrogens (tertiary/aromatic N) is 2. The molecule has 2 aliphatic heterocycles. The van der Waals surface area contributed by atoms with Crippen LogP contribution in [0, 0.1) is 0 Å². The highest BCUT2D eigenvalue weighted by atomic mass is 16.7. The van der Waals surface area contributed by atoms with Crippen LogP contribution in [0.2, 0.25) is 0 Å². The van der Waals surface area contributed by atoms with Gasteiger partial charge in [0.1, 0.15) is 5.84 Å². The molecule has 4 heteroatoms. The predicted molar refractivity (Wildman–Crippen MR) is 86.3 cm³/mol. The molecule has 0 unspecified atom stereocenters. The minimum Gasteiger partial charge on any atom is -0.360 e. The lowest BCUT2D eigenvalue weighted by Crippen LogP contribution is -2.41. The molecule has 4 nitrogen and oxygen atoms in total. The van der Waals surface area contributed by atoms with E-state index in [2.05, 4.69) is 57.5 Å². The summed E-state index contributed by atoms with van der Waals surface area (Å²) in [6.45, 7) is 14.6. The van der Waals surface area contributed by atoms with Gasteiger partial charge in [-0.25, -0.2) is 4.99 Å². The minimum absolute atomic E-state index is 0.304. The maximum Gasteiger partial charge on any atom is 0.185 e. The Kier molecular flexibility index (Phi) is 4.59. The normalized spacial score (nSPS) is 24.5. The third kappa shape index (κ3) is 3.22. The van der Waals surface area contributed by atoms with Gasteiger partial charge in [-0.3, -0.25) is 0 Å². The molecule has 0 N–H and O–H groups in total. The van der Waals surface area contributed by atoms with Gasteiger partial charge < -0.3 is 14.4 Å². The van der Waals surface area contributed by atoms with E-state index in [4.69, 9.17) is 9.47 Å². The van der Waals surface area contributed by atoms with Gasteiger partial charge in [0.25, 0.3) is 0 Å². The average Bonchev–Trinajstić information content (AvgIpc) is 2.60. The zero-order valence-electron chi connectivity index (χ0n) is 14.1. The molecule has 0 bridgehead atoms. The van der Waals surface area contributed by atoms with Crippen LogP contribution < -0.4 is 0 Å². The molecule has 0 aromatic rings. The molecule has 1 fully saturated rings. The predicted octanol–water partition coefficient (Wildman–Crippen LogP) is 3.50. The fourth-order valence-electron chi connectivity index (χ4n) is 2.49. The molecule has 0 aliphatic carbocycles. The number of hydrogen-bond acceptors (Lipinski definition) is 4. The average molecular weight is 292 g/mol. The van der Waals surface area contributed by atoms with Crippen molar-refractivity contribution >= 4 is 5.84 Å². The Morgan fingerprint density at radius 2 is 1.71 bits per heavy atom. The molecule has 0 amide bonds. The standard InChI is InChI=1S/C17H28N2O2/c1-7-19(8-2)14-10-9-13(11-12-18-14)15-20-16(3,4)17(5,6)21-15/h9,11-12,15H,7-8,10H2,1-6H3. The first-order valence-electron chi connectivity index (χ1n) is 7.84. The molecule has 2 aliphatic rings. The summed E-state index contributed by atoms with van der Waals surface area (Å²) in [7, 11) is 0. The van der Waals surface area contributed by atoms with Crippen molar-refractivity contribution in [2.75, 3.05) is 13.1 Å². The van der Waals surface area contributed by atoms with Crippen molar-refractivity contribution in [3.63, 3.8) is 0 Å². The quantitative estimate of drug-likeness (QED) is 0.798. The second kappa shape index (κ2) is 5.93. The van der Waals surface area contributed by atoms with E-state index in [0.29, 0.717) is 0 Å². The van der Waals surface area contributed by atoms with Crippen molar-refractivity contribution in [2.45, 2.75) is 65.5 Å². The Balaban J connectivity index is 2.12.